The van der Waals surface area contributed by atoms with Crippen LogP contribution in [0.15, 0.2) is 24.3 Å². The Morgan fingerprint density at radius 3 is 3.00 bits per heavy atom. The van der Waals surface area contributed by atoms with Gasteiger partial charge in [0, 0.05) is 37.3 Å². The summed E-state index contributed by atoms with van der Waals surface area (Å²) in [5, 5.41) is 3.73. The standard InChI is InChI=1S/C18H28N2O/c1-2-10-19-17-7-5-11-20(13-15-9-12-21-14-15)18-8-4-3-6-16(17)18/h3-4,6,8,15,17,19H,2,5,7,9-14H2,1H3. The minimum atomic E-state index is 0.519. The summed E-state index contributed by atoms with van der Waals surface area (Å²) in [5.74, 6) is 0.707. The highest BCUT2D eigenvalue weighted by molar-refractivity contribution is 5.56. The fourth-order valence-corrected chi connectivity index (χ4v) is 3.59. The predicted octanol–water partition coefficient (Wildman–Crippen LogP) is 3.36. The number of nitrogens with zero attached hydrogens (tertiary/aromatic N) is 1. The Kier molecular flexibility index (Phi) is 5.15. The van der Waals surface area contributed by atoms with Gasteiger partial charge in [0.2, 0.25) is 0 Å². The highest BCUT2D eigenvalue weighted by Gasteiger charge is 2.25. The van der Waals surface area contributed by atoms with Crippen molar-refractivity contribution in [3.05, 3.63) is 29.8 Å². The second-order valence-electron chi connectivity index (χ2n) is 6.38. The van der Waals surface area contributed by atoms with E-state index in [4.69, 9.17) is 4.74 Å². The van der Waals surface area contributed by atoms with Crippen LogP contribution in [0.1, 0.15) is 44.2 Å². The molecule has 1 aromatic rings. The number of hydrogen-bond acceptors (Lipinski definition) is 3. The maximum absolute atomic E-state index is 5.55. The van der Waals surface area contributed by atoms with Crippen LogP contribution in [0.2, 0.25) is 0 Å². The van der Waals surface area contributed by atoms with Crippen LogP contribution < -0.4 is 10.2 Å². The average Bonchev–Trinajstić information content (AvgIpc) is 2.96. The first-order valence-corrected chi connectivity index (χ1v) is 8.53. The molecule has 116 valence electrons. The van der Waals surface area contributed by atoms with Crippen LogP contribution in [-0.2, 0) is 4.74 Å². The van der Waals surface area contributed by atoms with Gasteiger partial charge in [-0.2, -0.15) is 0 Å². The molecule has 3 rings (SSSR count). The van der Waals surface area contributed by atoms with Gasteiger partial charge in [-0.3, -0.25) is 0 Å². The molecule has 0 aliphatic carbocycles. The molecule has 2 aliphatic rings. The minimum Gasteiger partial charge on any atom is -0.381 e. The third kappa shape index (κ3) is 3.58. The number of para-hydroxylation sites is 1. The van der Waals surface area contributed by atoms with Gasteiger partial charge in [0.05, 0.1) is 6.61 Å². The zero-order valence-corrected chi connectivity index (χ0v) is 13.2. The van der Waals surface area contributed by atoms with Gasteiger partial charge in [-0.05, 0) is 43.9 Å². The lowest BCUT2D eigenvalue weighted by Crippen LogP contribution is -2.30. The Morgan fingerprint density at radius 2 is 2.19 bits per heavy atom. The highest BCUT2D eigenvalue weighted by Crippen LogP contribution is 2.33. The molecule has 2 aliphatic heterocycles. The highest BCUT2D eigenvalue weighted by atomic mass is 16.5. The van der Waals surface area contributed by atoms with E-state index in [-0.39, 0.29) is 0 Å². The van der Waals surface area contributed by atoms with Crippen molar-refractivity contribution >= 4 is 5.69 Å². The third-order valence-electron chi connectivity index (χ3n) is 4.72. The lowest BCUT2D eigenvalue weighted by atomic mass is 10.0. The van der Waals surface area contributed by atoms with E-state index < -0.39 is 0 Å². The number of anilines is 1. The molecule has 0 bridgehead atoms. The van der Waals surface area contributed by atoms with Crippen LogP contribution in [0.4, 0.5) is 5.69 Å². The molecule has 1 aromatic carbocycles. The quantitative estimate of drug-likeness (QED) is 0.899. The van der Waals surface area contributed by atoms with Gasteiger partial charge in [-0.1, -0.05) is 25.1 Å². The van der Waals surface area contributed by atoms with Crippen molar-refractivity contribution in [2.45, 2.75) is 38.6 Å². The SMILES string of the molecule is CCCNC1CCCN(CC2CCOC2)c2ccccc21. The largest absolute Gasteiger partial charge is 0.381 e. The lowest BCUT2D eigenvalue weighted by Gasteiger charge is -2.28. The molecule has 0 spiro atoms. The lowest BCUT2D eigenvalue weighted by molar-refractivity contribution is 0.186. The third-order valence-corrected chi connectivity index (χ3v) is 4.72. The van der Waals surface area contributed by atoms with Crippen molar-refractivity contribution in [3.63, 3.8) is 0 Å². The molecule has 0 radical (unpaired) electrons. The number of nitrogens with one attached hydrogen (secondary N) is 1. The van der Waals surface area contributed by atoms with Crippen LogP contribution in [-0.4, -0.2) is 32.8 Å². The van der Waals surface area contributed by atoms with E-state index >= 15 is 0 Å². The second-order valence-corrected chi connectivity index (χ2v) is 6.38. The maximum atomic E-state index is 5.55. The molecule has 1 saturated heterocycles. The van der Waals surface area contributed by atoms with Crippen LogP contribution >= 0.6 is 0 Å². The molecule has 0 saturated carbocycles. The van der Waals surface area contributed by atoms with Crippen molar-refractivity contribution in [2.24, 2.45) is 5.92 Å². The molecule has 1 fully saturated rings. The van der Waals surface area contributed by atoms with Crippen molar-refractivity contribution in [3.8, 4) is 0 Å². The number of fused-ring (bicyclic) bond motifs is 1. The molecule has 2 heterocycles. The van der Waals surface area contributed by atoms with E-state index in [0.29, 0.717) is 12.0 Å². The van der Waals surface area contributed by atoms with E-state index in [9.17, 15) is 0 Å². The topological polar surface area (TPSA) is 24.5 Å². The summed E-state index contributed by atoms with van der Waals surface area (Å²) in [6.45, 7) is 7.56. The maximum Gasteiger partial charge on any atom is 0.0512 e. The summed E-state index contributed by atoms with van der Waals surface area (Å²) < 4.78 is 5.55. The Hall–Kier alpha value is -1.06. The summed E-state index contributed by atoms with van der Waals surface area (Å²) in [7, 11) is 0. The summed E-state index contributed by atoms with van der Waals surface area (Å²) >= 11 is 0. The Labute approximate surface area is 128 Å². The fourth-order valence-electron chi connectivity index (χ4n) is 3.59. The van der Waals surface area contributed by atoms with Crippen molar-refractivity contribution < 1.29 is 4.74 Å². The first kappa shape index (κ1) is 14.9. The number of rotatable bonds is 5. The normalized spacial score (nSPS) is 25.7. The summed E-state index contributed by atoms with van der Waals surface area (Å²) in [6, 6.07) is 9.50. The van der Waals surface area contributed by atoms with Crippen LogP contribution in [0.5, 0.6) is 0 Å². The van der Waals surface area contributed by atoms with E-state index in [1.54, 1.807) is 0 Å². The van der Waals surface area contributed by atoms with Gasteiger partial charge >= 0.3 is 0 Å². The number of hydrogen-bond donors (Lipinski definition) is 1. The monoisotopic (exact) mass is 288 g/mol. The molecule has 1 N–H and O–H groups in total. The van der Waals surface area contributed by atoms with Gasteiger partial charge < -0.3 is 15.0 Å². The van der Waals surface area contributed by atoms with Gasteiger partial charge in [-0.15, -0.1) is 0 Å². The molecule has 2 atom stereocenters. The number of benzene rings is 1. The molecular weight excluding hydrogens is 260 g/mol. The smallest absolute Gasteiger partial charge is 0.0512 e. The van der Waals surface area contributed by atoms with Gasteiger partial charge in [0.25, 0.3) is 0 Å². The van der Waals surface area contributed by atoms with E-state index in [0.717, 1.165) is 26.3 Å². The molecule has 0 amide bonds. The van der Waals surface area contributed by atoms with E-state index in [1.807, 2.05) is 0 Å². The molecule has 3 nitrogen and oxygen atoms in total. The van der Waals surface area contributed by atoms with Crippen LogP contribution in [0.25, 0.3) is 0 Å². The van der Waals surface area contributed by atoms with E-state index in [2.05, 4.69) is 41.4 Å². The Morgan fingerprint density at radius 1 is 1.29 bits per heavy atom. The Balaban J connectivity index is 1.78. The van der Waals surface area contributed by atoms with Crippen molar-refractivity contribution in [2.75, 3.05) is 37.7 Å². The van der Waals surface area contributed by atoms with Gasteiger partial charge in [-0.25, -0.2) is 0 Å². The summed E-state index contributed by atoms with van der Waals surface area (Å²) in [4.78, 5) is 2.60. The molecule has 0 aromatic heterocycles. The van der Waals surface area contributed by atoms with Gasteiger partial charge in [0.15, 0.2) is 0 Å². The van der Waals surface area contributed by atoms with Crippen LogP contribution in [0, 0.1) is 5.92 Å². The molecule has 3 heteroatoms. The van der Waals surface area contributed by atoms with Crippen molar-refractivity contribution in [1.82, 2.24) is 5.32 Å². The van der Waals surface area contributed by atoms with E-state index in [1.165, 1.54) is 43.5 Å². The first-order chi connectivity index (χ1) is 10.4. The molecular formula is C18H28N2O. The van der Waals surface area contributed by atoms with Crippen LogP contribution in [0.3, 0.4) is 0 Å². The predicted molar refractivity (Wildman–Crippen MR) is 87.8 cm³/mol. The molecule has 21 heavy (non-hydrogen) atoms. The zero-order chi connectivity index (χ0) is 14.5. The minimum absolute atomic E-state index is 0.519. The second kappa shape index (κ2) is 7.28. The van der Waals surface area contributed by atoms with Gasteiger partial charge in [0.1, 0.15) is 0 Å². The number of ether oxygens (including phenoxy) is 1. The fraction of sp³-hybridized carbons (Fsp3) is 0.667. The summed E-state index contributed by atoms with van der Waals surface area (Å²) in [6.07, 6.45) is 4.93. The summed E-state index contributed by atoms with van der Waals surface area (Å²) in [5.41, 5.74) is 2.93. The average molecular weight is 288 g/mol. The Bertz CT molecular complexity index is 443. The molecule has 2 unspecified atom stereocenters. The first-order valence-electron chi connectivity index (χ1n) is 8.53. The zero-order valence-electron chi connectivity index (χ0n) is 13.2. The van der Waals surface area contributed by atoms with Crippen molar-refractivity contribution in [1.29, 1.82) is 0 Å².